The summed E-state index contributed by atoms with van der Waals surface area (Å²) in [6, 6.07) is 7.02. The first kappa shape index (κ1) is 13.1. The van der Waals surface area contributed by atoms with Crippen LogP contribution in [-0.4, -0.2) is 11.3 Å². The highest BCUT2D eigenvalue weighted by molar-refractivity contribution is 6.31. The Bertz CT molecular complexity index is 581. The Balaban J connectivity index is 2.18. The van der Waals surface area contributed by atoms with Gasteiger partial charge in [-0.2, -0.15) is 0 Å². The summed E-state index contributed by atoms with van der Waals surface area (Å²) in [4.78, 5) is 12.0. The van der Waals surface area contributed by atoms with Gasteiger partial charge < -0.3 is 10.2 Å². The van der Waals surface area contributed by atoms with Crippen molar-refractivity contribution in [1.29, 1.82) is 0 Å². The van der Waals surface area contributed by atoms with E-state index in [1.807, 2.05) is 13.8 Å². The molecule has 1 aromatic heterocycles. The van der Waals surface area contributed by atoms with Crippen LogP contribution in [0.25, 0.3) is 11.0 Å². The maximum Gasteiger partial charge on any atom is 0.198 e. The van der Waals surface area contributed by atoms with Crippen LogP contribution in [0.2, 0.25) is 5.02 Å². The number of halogens is 1. The molecule has 2 rings (SSSR count). The Labute approximate surface area is 111 Å². The minimum absolute atomic E-state index is 0.0270. The van der Waals surface area contributed by atoms with E-state index in [-0.39, 0.29) is 11.3 Å². The molecule has 0 radical (unpaired) electrons. The number of carbonyl (C=O) groups is 1. The van der Waals surface area contributed by atoms with Crippen molar-refractivity contribution >= 4 is 28.4 Å². The van der Waals surface area contributed by atoms with Gasteiger partial charge in [0.25, 0.3) is 0 Å². The lowest BCUT2D eigenvalue weighted by Crippen LogP contribution is -2.32. The van der Waals surface area contributed by atoms with Gasteiger partial charge in [-0.15, -0.1) is 0 Å². The Kier molecular flexibility index (Phi) is 3.46. The van der Waals surface area contributed by atoms with E-state index in [2.05, 4.69) is 0 Å². The van der Waals surface area contributed by atoms with Crippen molar-refractivity contribution in [3.05, 3.63) is 35.0 Å². The van der Waals surface area contributed by atoms with Crippen LogP contribution in [0.15, 0.2) is 28.7 Å². The van der Waals surface area contributed by atoms with Crippen molar-refractivity contribution in [2.75, 3.05) is 0 Å². The van der Waals surface area contributed by atoms with Gasteiger partial charge in [-0.25, -0.2) is 0 Å². The van der Waals surface area contributed by atoms with Crippen LogP contribution in [0.3, 0.4) is 0 Å². The minimum Gasteiger partial charge on any atom is -0.453 e. The molecule has 0 amide bonds. The maximum atomic E-state index is 12.0. The summed E-state index contributed by atoms with van der Waals surface area (Å²) in [5.41, 5.74) is 6.19. The van der Waals surface area contributed by atoms with E-state index < -0.39 is 0 Å². The lowest BCUT2D eigenvalue weighted by Gasteiger charge is -2.16. The van der Waals surface area contributed by atoms with Gasteiger partial charge in [0.1, 0.15) is 5.58 Å². The number of ketones is 1. The highest BCUT2D eigenvalue weighted by Gasteiger charge is 2.17. The number of hydrogen-bond acceptors (Lipinski definition) is 3. The van der Waals surface area contributed by atoms with Crippen LogP contribution in [0.1, 0.15) is 37.2 Å². The van der Waals surface area contributed by atoms with Gasteiger partial charge in [0.05, 0.1) is 0 Å². The molecule has 2 aromatic rings. The van der Waals surface area contributed by atoms with Crippen LogP contribution in [0, 0.1) is 0 Å². The van der Waals surface area contributed by atoms with Gasteiger partial charge >= 0.3 is 0 Å². The number of nitrogens with two attached hydrogens (primary N) is 1. The third-order valence-corrected chi connectivity index (χ3v) is 2.98. The summed E-state index contributed by atoms with van der Waals surface area (Å²) in [5, 5.41) is 1.48. The fraction of sp³-hybridized carbons (Fsp3) is 0.357. The molecule has 3 nitrogen and oxygen atoms in total. The van der Waals surface area contributed by atoms with Gasteiger partial charge in [-0.1, -0.05) is 11.6 Å². The van der Waals surface area contributed by atoms with Crippen molar-refractivity contribution in [2.45, 2.75) is 32.2 Å². The summed E-state index contributed by atoms with van der Waals surface area (Å²) in [6.45, 7) is 3.80. The molecular formula is C14H16ClNO2. The summed E-state index contributed by atoms with van der Waals surface area (Å²) in [6.07, 6.45) is 1.01. The lowest BCUT2D eigenvalue weighted by molar-refractivity contribution is 0.0948. The van der Waals surface area contributed by atoms with E-state index in [1.54, 1.807) is 24.3 Å². The summed E-state index contributed by atoms with van der Waals surface area (Å²) < 4.78 is 5.50. The van der Waals surface area contributed by atoms with Gasteiger partial charge in [0.15, 0.2) is 11.5 Å². The molecule has 0 aliphatic heterocycles. The molecule has 0 fully saturated rings. The molecule has 0 spiro atoms. The van der Waals surface area contributed by atoms with Crippen LogP contribution in [-0.2, 0) is 0 Å². The van der Waals surface area contributed by atoms with Crippen molar-refractivity contribution in [3.63, 3.8) is 0 Å². The third-order valence-electron chi connectivity index (χ3n) is 2.75. The Morgan fingerprint density at radius 2 is 2.11 bits per heavy atom. The highest BCUT2D eigenvalue weighted by Crippen LogP contribution is 2.24. The summed E-state index contributed by atoms with van der Waals surface area (Å²) in [5.74, 6) is 0.345. The summed E-state index contributed by atoms with van der Waals surface area (Å²) >= 11 is 5.89. The first-order valence-corrected chi connectivity index (χ1v) is 6.24. The normalized spacial score (nSPS) is 12.0. The number of carbonyl (C=O) groups excluding carboxylic acids is 1. The molecule has 0 atom stereocenters. The largest absolute Gasteiger partial charge is 0.453 e. The predicted octanol–water partition coefficient (Wildman–Crippen LogP) is 3.79. The number of rotatable bonds is 4. The molecule has 4 heteroatoms. The van der Waals surface area contributed by atoms with Gasteiger partial charge in [-0.3, -0.25) is 4.79 Å². The van der Waals surface area contributed by atoms with Crippen LogP contribution in [0.4, 0.5) is 0 Å². The monoisotopic (exact) mass is 265 g/mol. The summed E-state index contributed by atoms with van der Waals surface area (Å²) in [7, 11) is 0. The first-order chi connectivity index (χ1) is 8.35. The number of Topliss-reactive ketones (excluding diaryl/α,β-unsaturated/α-hetero) is 1. The van der Waals surface area contributed by atoms with Gasteiger partial charge in [-0.05, 0) is 44.5 Å². The maximum absolute atomic E-state index is 12.0. The number of hydrogen-bond donors (Lipinski definition) is 1. The first-order valence-electron chi connectivity index (χ1n) is 5.86. The highest BCUT2D eigenvalue weighted by atomic mass is 35.5. The van der Waals surface area contributed by atoms with E-state index in [0.717, 1.165) is 5.39 Å². The van der Waals surface area contributed by atoms with Crippen molar-refractivity contribution < 1.29 is 9.21 Å². The Morgan fingerprint density at radius 3 is 2.78 bits per heavy atom. The molecule has 0 aliphatic carbocycles. The minimum atomic E-state index is -0.342. The van der Waals surface area contributed by atoms with Crippen molar-refractivity contribution in [2.24, 2.45) is 5.73 Å². The molecule has 2 N–H and O–H groups in total. The average molecular weight is 266 g/mol. The third kappa shape index (κ3) is 3.12. The second-order valence-corrected chi connectivity index (χ2v) is 5.64. The molecule has 0 saturated carbocycles. The van der Waals surface area contributed by atoms with Crippen LogP contribution < -0.4 is 5.73 Å². The SMILES string of the molecule is CC(C)(N)CCC(=O)c1cc2cc(Cl)ccc2o1. The van der Waals surface area contributed by atoms with Gasteiger partial charge in [0.2, 0.25) is 0 Å². The van der Waals surface area contributed by atoms with E-state index in [9.17, 15) is 4.79 Å². The standard InChI is InChI=1S/C14H16ClNO2/c1-14(2,16)6-5-11(17)13-8-9-7-10(15)3-4-12(9)18-13/h3-4,7-8H,5-6,16H2,1-2H3. The van der Waals surface area contributed by atoms with Crippen LogP contribution >= 0.6 is 11.6 Å². The topological polar surface area (TPSA) is 56.2 Å². The molecular weight excluding hydrogens is 250 g/mol. The number of fused-ring (bicyclic) bond motifs is 1. The molecule has 0 unspecified atom stereocenters. The van der Waals surface area contributed by atoms with Crippen molar-refractivity contribution in [3.8, 4) is 0 Å². The molecule has 0 saturated heterocycles. The molecule has 0 aliphatic rings. The fourth-order valence-corrected chi connectivity index (χ4v) is 1.89. The smallest absolute Gasteiger partial charge is 0.198 e. The molecule has 96 valence electrons. The molecule has 0 bridgehead atoms. The van der Waals surface area contributed by atoms with Crippen LogP contribution in [0.5, 0.6) is 0 Å². The lowest BCUT2D eigenvalue weighted by atomic mass is 9.98. The van der Waals surface area contributed by atoms with Crippen molar-refractivity contribution in [1.82, 2.24) is 0 Å². The number of benzene rings is 1. The van der Waals surface area contributed by atoms with Gasteiger partial charge in [0, 0.05) is 22.4 Å². The number of furan rings is 1. The molecule has 18 heavy (non-hydrogen) atoms. The second-order valence-electron chi connectivity index (χ2n) is 5.20. The average Bonchev–Trinajstić information content (AvgIpc) is 2.67. The Hall–Kier alpha value is -1.32. The second kappa shape index (κ2) is 4.75. The molecule has 1 aromatic carbocycles. The zero-order valence-corrected chi connectivity index (χ0v) is 11.3. The molecule has 1 heterocycles. The zero-order chi connectivity index (χ0) is 13.3. The quantitative estimate of drug-likeness (QED) is 0.856. The Morgan fingerprint density at radius 1 is 1.39 bits per heavy atom. The van der Waals surface area contributed by atoms with E-state index in [1.165, 1.54) is 0 Å². The van der Waals surface area contributed by atoms with E-state index in [0.29, 0.717) is 29.2 Å². The van der Waals surface area contributed by atoms with E-state index >= 15 is 0 Å². The zero-order valence-electron chi connectivity index (χ0n) is 10.5. The van der Waals surface area contributed by atoms with E-state index in [4.69, 9.17) is 21.8 Å². The fourth-order valence-electron chi connectivity index (χ4n) is 1.71. The predicted molar refractivity (Wildman–Crippen MR) is 73.1 cm³/mol.